The van der Waals surface area contributed by atoms with Crippen LogP contribution in [0.5, 0.6) is 5.75 Å². The van der Waals surface area contributed by atoms with E-state index in [0.29, 0.717) is 30.3 Å². The Hall–Kier alpha value is -3.26. The molecule has 1 N–H and O–H groups in total. The number of nitrogens with zero attached hydrogens (tertiary/aromatic N) is 3. The Bertz CT molecular complexity index is 1070. The Balaban J connectivity index is 1.41. The molecule has 31 heavy (non-hydrogen) atoms. The molecule has 0 aliphatic carbocycles. The molecule has 0 saturated carbocycles. The molecular formula is C23H24N4O3S. The highest BCUT2D eigenvalue weighted by Crippen LogP contribution is 2.35. The fourth-order valence-electron chi connectivity index (χ4n) is 3.59. The van der Waals surface area contributed by atoms with Crippen LogP contribution >= 0.6 is 11.3 Å². The Labute approximate surface area is 185 Å². The van der Waals surface area contributed by atoms with Gasteiger partial charge in [0.05, 0.1) is 0 Å². The van der Waals surface area contributed by atoms with Crippen molar-refractivity contribution < 1.29 is 14.3 Å². The van der Waals surface area contributed by atoms with Crippen LogP contribution in [0.15, 0.2) is 54.6 Å². The summed E-state index contributed by atoms with van der Waals surface area (Å²) in [4.78, 5) is 27.0. The summed E-state index contributed by atoms with van der Waals surface area (Å²) in [6.45, 7) is 4.44. The lowest BCUT2D eigenvalue weighted by atomic mass is 10.1. The van der Waals surface area contributed by atoms with Crippen LogP contribution in [-0.2, 0) is 9.59 Å². The molecule has 2 unspecified atom stereocenters. The molecule has 2 amide bonds. The van der Waals surface area contributed by atoms with Crippen LogP contribution in [0.2, 0.25) is 0 Å². The topological polar surface area (TPSA) is 84.4 Å². The highest BCUT2D eigenvalue weighted by molar-refractivity contribution is 7.15. The summed E-state index contributed by atoms with van der Waals surface area (Å²) in [5, 5.41) is 12.3. The highest BCUT2D eigenvalue weighted by atomic mass is 32.1. The van der Waals surface area contributed by atoms with Gasteiger partial charge in [-0.25, -0.2) is 0 Å². The van der Waals surface area contributed by atoms with E-state index in [1.54, 1.807) is 4.90 Å². The number of amides is 2. The number of hydrogen-bond acceptors (Lipinski definition) is 6. The van der Waals surface area contributed by atoms with Gasteiger partial charge in [0.2, 0.25) is 11.0 Å². The molecule has 8 heteroatoms. The average Bonchev–Trinajstić information content (AvgIpc) is 3.39. The summed E-state index contributed by atoms with van der Waals surface area (Å²) in [5.41, 5.74) is 1.99. The van der Waals surface area contributed by atoms with Crippen LogP contribution in [0.25, 0.3) is 0 Å². The summed E-state index contributed by atoms with van der Waals surface area (Å²) in [6.07, 6.45) is 0.278. The molecule has 4 rings (SSSR count). The van der Waals surface area contributed by atoms with E-state index in [1.807, 2.05) is 68.4 Å². The lowest BCUT2D eigenvalue weighted by Gasteiger charge is -2.18. The van der Waals surface area contributed by atoms with Gasteiger partial charge in [-0.15, -0.1) is 10.2 Å². The molecule has 3 aromatic rings. The van der Waals surface area contributed by atoms with Crippen molar-refractivity contribution in [3.8, 4) is 5.75 Å². The lowest BCUT2D eigenvalue weighted by molar-refractivity contribution is -0.122. The second-order valence-corrected chi connectivity index (χ2v) is 8.46. The Morgan fingerprint density at radius 3 is 2.68 bits per heavy atom. The molecule has 160 valence electrons. The van der Waals surface area contributed by atoms with Crippen molar-refractivity contribution in [2.24, 2.45) is 0 Å². The molecular weight excluding hydrogens is 412 g/mol. The third-order valence-electron chi connectivity index (χ3n) is 5.24. The lowest BCUT2D eigenvalue weighted by Crippen LogP contribution is -2.32. The molecule has 2 aromatic carbocycles. The smallest absolute Gasteiger partial charge is 0.267 e. The minimum absolute atomic E-state index is 0.0437. The molecule has 1 saturated heterocycles. The highest BCUT2D eigenvalue weighted by Gasteiger charge is 2.34. The van der Waals surface area contributed by atoms with Crippen LogP contribution in [-0.4, -0.2) is 34.7 Å². The van der Waals surface area contributed by atoms with Gasteiger partial charge in [-0.1, -0.05) is 54.7 Å². The molecule has 1 aliphatic rings. The summed E-state index contributed by atoms with van der Waals surface area (Å²) in [7, 11) is 0. The standard InChI is InChI=1S/C23H24N4O3S/c1-3-19(30-17-10-5-4-6-11-17)21(29)24-23-26-25-22(31-23)16-13-20(28)27(14-16)18-12-8-7-9-15(18)2/h4-12,16,19H,3,13-14H2,1-2H3,(H,24,26,29). The predicted molar refractivity (Wildman–Crippen MR) is 121 cm³/mol. The van der Waals surface area contributed by atoms with Gasteiger partial charge in [0, 0.05) is 24.6 Å². The van der Waals surface area contributed by atoms with E-state index in [2.05, 4.69) is 15.5 Å². The Kier molecular flexibility index (Phi) is 6.27. The van der Waals surface area contributed by atoms with Crippen LogP contribution in [0, 0.1) is 6.92 Å². The zero-order valence-corrected chi connectivity index (χ0v) is 18.3. The molecule has 2 heterocycles. The molecule has 2 atom stereocenters. The molecule has 1 aliphatic heterocycles. The SMILES string of the molecule is CCC(Oc1ccccc1)C(=O)Nc1nnc(C2CC(=O)N(c3ccccc3C)C2)s1. The summed E-state index contributed by atoms with van der Waals surface area (Å²) < 4.78 is 5.79. The van der Waals surface area contributed by atoms with Crippen LogP contribution in [0.4, 0.5) is 10.8 Å². The van der Waals surface area contributed by atoms with Crippen molar-refractivity contribution in [2.75, 3.05) is 16.8 Å². The number of hydrogen-bond donors (Lipinski definition) is 1. The number of aromatic nitrogens is 2. The summed E-state index contributed by atoms with van der Waals surface area (Å²) >= 11 is 1.31. The number of ether oxygens (including phenoxy) is 1. The van der Waals surface area contributed by atoms with Gasteiger partial charge in [0.25, 0.3) is 5.91 Å². The van der Waals surface area contributed by atoms with Crippen molar-refractivity contribution in [1.29, 1.82) is 0 Å². The third-order valence-corrected chi connectivity index (χ3v) is 6.24. The maximum atomic E-state index is 12.6. The number of rotatable bonds is 7. The fourth-order valence-corrected chi connectivity index (χ4v) is 4.43. The number of benzene rings is 2. The van der Waals surface area contributed by atoms with E-state index in [9.17, 15) is 9.59 Å². The predicted octanol–water partition coefficient (Wildman–Crippen LogP) is 4.16. The molecule has 7 nitrogen and oxygen atoms in total. The monoisotopic (exact) mass is 436 g/mol. The van der Waals surface area contributed by atoms with Gasteiger partial charge in [-0.2, -0.15) is 0 Å². The maximum absolute atomic E-state index is 12.6. The third kappa shape index (κ3) is 4.74. The Morgan fingerprint density at radius 1 is 1.19 bits per heavy atom. The van der Waals surface area contributed by atoms with Crippen LogP contribution in [0.3, 0.4) is 0 Å². The van der Waals surface area contributed by atoms with Gasteiger partial charge in [0.15, 0.2) is 6.10 Å². The van der Waals surface area contributed by atoms with E-state index in [0.717, 1.165) is 16.3 Å². The fraction of sp³-hybridized carbons (Fsp3) is 0.304. The van der Waals surface area contributed by atoms with Gasteiger partial charge >= 0.3 is 0 Å². The van der Waals surface area contributed by atoms with Crippen LogP contribution in [0.1, 0.15) is 36.3 Å². The molecule has 0 bridgehead atoms. The van der Waals surface area contributed by atoms with Gasteiger partial charge in [-0.05, 0) is 37.1 Å². The average molecular weight is 437 g/mol. The number of carbonyl (C=O) groups excluding carboxylic acids is 2. The largest absolute Gasteiger partial charge is 0.481 e. The van der Waals surface area contributed by atoms with E-state index < -0.39 is 6.10 Å². The summed E-state index contributed by atoms with van der Waals surface area (Å²) in [6, 6.07) is 17.1. The molecule has 1 aromatic heterocycles. The molecule has 1 fully saturated rings. The van der Waals surface area contributed by atoms with Gasteiger partial charge < -0.3 is 9.64 Å². The first-order valence-electron chi connectivity index (χ1n) is 10.3. The van der Waals surface area contributed by atoms with Crippen LogP contribution < -0.4 is 15.0 Å². The minimum atomic E-state index is -0.626. The number of anilines is 2. The first kappa shape index (κ1) is 21.0. The second-order valence-electron chi connectivity index (χ2n) is 7.45. The van der Waals surface area contributed by atoms with E-state index in [1.165, 1.54) is 11.3 Å². The van der Waals surface area contributed by atoms with Crippen molar-refractivity contribution in [3.63, 3.8) is 0 Å². The quantitative estimate of drug-likeness (QED) is 0.601. The first-order chi connectivity index (χ1) is 15.0. The zero-order chi connectivity index (χ0) is 21.8. The number of carbonyl (C=O) groups is 2. The Morgan fingerprint density at radius 2 is 1.94 bits per heavy atom. The van der Waals surface area contributed by atoms with Crippen molar-refractivity contribution in [1.82, 2.24) is 10.2 Å². The zero-order valence-electron chi connectivity index (χ0n) is 17.4. The normalized spacial score (nSPS) is 16.9. The van der Waals surface area contributed by atoms with E-state index in [-0.39, 0.29) is 17.7 Å². The number of nitrogens with one attached hydrogen (secondary N) is 1. The minimum Gasteiger partial charge on any atom is -0.481 e. The van der Waals surface area contributed by atoms with E-state index in [4.69, 9.17) is 4.74 Å². The van der Waals surface area contributed by atoms with Crippen molar-refractivity contribution in [3.05, 3.63) is 65.2 Å². The summed E-state index contributed by atoms with van der Waals surface area (Å²) in [5.74, 6) is 0.404. The van der Waals surface area contributed by atoms with Crippen molar-refractivity contribution in [2.45, 2.75) is 38.7 Å². The molecule has 0 radical (unpaired) electrons. The van der Waals surface area contributed by atoms with E-state index >= 15 is 0 Å². The van der Waals surface area contributed by atoms with Gasteiger partial charge in [0.1, 0.15) is 10.8 Å². The second kappa shape index (κ2) is 9.26. The number of para-hydroxylation sites is 2. The first-order valence-corrected chi connectivity index (χ1v) is 11.1. The number of aryl methyl sites for hydroxylation is 1. The van der Waals surface area contributed by atoms with Gasteiger partial charge in [-0.3, -0.25) is 14.9 Å². The molecule has 0 spiro atoms. The van der Waals surface area contributed by atoms with Crippen molar-refractivity contribution >= 4 is 34.0 Å². The maximum Gasteiger partial charge on any atom is 0.267 e.